The van der Waals surface area contributed by atoms with Gasteiger partial charge in [-0.2, -0.15) is 0 Å². The molecule has 0 fully saturated rings. The van der Waals surface area contributed by atoms with E-state index in [2.05, 4.69) is 10.3 Å². The van der Waals surface area contributed by atoms with Crippen molar-refractivity contribution in [2.45, 2.75) is 39.3 Å². The number of carbonyl (C=O) groups is 1. The maximum Gasteiger partial charge on any atom is 0.151 e. The molecular formula is C13H24N2O2. The molecule has 2 heterocycles. The van der Waals surface area contributed by atoms with Gasteiger partial charge in [0.1, 0.15) is 0 Å². The third-order valence-electron chi connectivity index (χ3n) is 2.61. The van der Waals surface area contributed by atoms with Crippen LogP contribution in [0.2, 0.25) is 0 Å². The number of aromatic nitrogens is 1. The molecule has 0 aliphatic carbocycles. The zero-order chi connectivity index (χ0) is 13.3. The summed E-state index contributed by atoms with van der Waals surface area (Å²) in [5, 5.41) is 0. The number of aryl methyl sites for hydroxylation is 1. The Morgan fingerprint density at radius 1 is 1.47 bits per heavy atom. The van der Waals surface area contributed by atoms with Gasteiger partial charge in [0.05, 0.1) is 6.10 Å². The van der Waals surface area contributed by atoms with Gasteiger partial charge in [0, 0.05) is 37.5 Å². The van der Waals surface area contributed by atoms with Crippen LogP contribution >= 0.6 is 0 Å². The second kappa shape index (κ2) is 8.96. The van der Waals surface area contributed by atoms with E-state index in [9.17, 15) is 4.79 Å². The van der Waals surface area contributed by atoms with Crippen LogP contribution in [0.25, 0.3) is 0 Å². The highest BCUT2D eigenvalue weighted by Gasteiger charge is 2.18. The van der Waals surface area contributed by atoms with Crippen molar-refractivity contribution in [3.8, 4) is 0 Å². The zero-order valence-corrected chi connectivity index (χ0v) is 11.3. The molecule has 2 N–H and O–H groups in total. The highest BCUT2D eigenvalue weighted by molar-refractivity contribution is 5.74. The summed E-state index contributed by atoms with van der Waals surface area (Å²) < 4.78 is 7.43. The van der Waals surface area contributed by atoms with Gasteiger partial charge in [-0.3, -0.25) is 4.79 Å². The molecule has 4 heteroatoms. The summed E-state index contributed by atoms with van der Waals surface area (Å²) in [4.78, 5) is 10.5. The van der Waals surface area contributed by atoms with Gasteiger partial charge in [-0.1, -0.05) is 13.8 Å². The van der Waals surface area contributed by atoms with Crippen molar-refractivity contribution in [3.63, 3.8) is 0 Å². The second-order valence-electron chi connectivity index (χ2n) is 3.43. The van der Waals surface area contributed by atoms with E-state index in [0.717, 1.165) is 31.2 Å². The lowest BCUT2D eigenvalue weighted by Crippen LogP contribution is -2.24. The Hall–Kier alpha value is -1.13. The highest BCUT2D eigenvalue weighted by atomic mass is 16.5. The molecule has 0 radical (unpaired) electrons. The van der Waals surface area contributed by atoms with Gasteiger partial charge >= 0.3 is 0 Å². The van der Waals surface area contributed by atoms with Crippen molar-refractivity contribution in [2.24, 2.45) is 5.73 Å². The Bertz CT molecular complexity index is 321. The lowest BCUT2D eigenvalue weighted by molar-refractivity contribution is 0.0809. The van der Waals surface area contributed by atoms with Crippen LogP contribution in [0.4, 0.5) is 0 Å². The standard InChI is InChI=1S/C10H13NO2.C2H6.CH5N/c1-13-10-2-3-11-6-8(7-12)4-9(11)5-10;2*1-2/h4,6-7,10H,2-3,5H2,1H3;1-2H3;2H2,1H3. The first-order valence-corrected chi connectivity index (χ1v) is 6.08. The van der Waals surface area contributed by atoms with Crippen molar-refractivity contribution in [2.75, 3.05) is 14.2 Å². The Balaban J connectivity index is 0.000000581. The van der Waals surface area contributed by atoms with E-state index in [1.165, 1.54) is 12.7 Å². The average molecular weight is 240 g/mol. The highest BCUT2D eigenvalue weighted by Crippen LogP contribution is 2.19. The summed E-state index contributed by atoms with van der Waals surface area (Å²) in [6.07, 6.45) is 5.09. The number of methoxy groups -OCH3 is 1. The molecule has 0 bridgehead atoms. The van der Waals surface area contributed by atoms with E-state index >= 15 is 0 Å². The predicted octanol–water partition coefficient (Wildman–Crippen LogP) is 1.86. The summed E-state index contributed by atoms with van der Waals surface area (Å²) in [5.74, 6) is 0. The summed E-state index contributed by atoms with van der Waals surface area (Å²) in [6, 6.07) is 1.94. The molecule has 0 amide bonds. The monoisotopic (exact) mass is 240 g/mol. The smallest absolute Gasteiger partial charge is 0.151 e. The predicted molar refractivity (Wildman–Crippen MR) is 70.4 cm³/mol. The Kier molecular flexibility index (Phi) is 8.36. The van der Waals surface area contributed by atoms with E-state index in [-0.39, 0.29) is 0 Å². The van der Waals surface area contributed by atoms with Crippen molar-refractivity contribution in [1.82, 2.24) is 4.57 Å². The molecule has 4 nitrogen and oxygen atoms in total. The van der Waals surface area contributed by atoms with Crippen molar-refractivity contribution in [3.05, 3.63) is 23.5 Å². The number of aldehydes is 1. The van der Waals surface area contributed by atoms with Gasteiger partial charge in [0.25, 0.3) is 0 Å². The van der Waals surface area contributed by atoms with E-state index in [1.54, 1.807) is 7.11 Å². The number of fused-ring (bicyclic) bond motifs is 1. The number of ether oxygens (including phenoxy) is 1. The fraction of sp³-hybridized carbons (Fsp3) is 0.615. The van der Waals surface area contributed by atoms with E-state index < -0.39 is 0 Å². The topological polar surface area (TPSA) is 57.2 Å². The minimum atomic E-state index is 0.321. The summed E-state index contributed by atoms with van der Waals surface area (Å²) in [7, 11) is 3.24. The molecule has 1 unspecified atom stereocenters. The Labute approximate surface area is 104 Å². The van der Waals surface area contributed by atoms with Gasteiger partial charge in [-0.15, -0.1) is 0 Å². The van der Waals surface area contributed by atoms with Crippen LogP contribution in [0, 0.1) is 0 Å². The third-order valence-corrected chi connectivity index (χ3v) is 2.61. The lowest BCUT2D eigenvalue weighted by Gasteiger charge is -2.22. The van der Waals surface area contributed by atoms with Crippen LogP contribution < -0.4 is 5.73 Å². The van der Waals surface area contributed by atoms with Crippen LogP contribution in [-0.4, -0.2) is 31.1 Å². The van der Waals surface area contributed by atoms with Crippen LogP contribution in [0.15, 0.2) is 12.3 Å². The van der Waals surface area contributed by atoms with E-state index in [0.29, 0.717) is 6.10 Å². The Morgan fingerprint density at radius 3 is 2.65 bits per heavy atom. The molecule has 2 rings (SSSR count). The molecule has 0 saturated carbocycles. The molecular weight excluding hydrogens is 216 g/mol. The molecule has 17 heavy (non-hydrogen) atoms. The van der Waals surface area contributed by atoms with Crippen LogP contribution in [-0.2, 0) is 17.7 Å². The van der Waals surface area contributed by atoms with Gasteiger partial charge < -0.3 is 15.0 Å². The van der Waals surface area contributed by atoms with Crippen LogP contribution in [0.1, 0.15) is 36.3 Å². The lowest BCUT2D eigenvalue weighted by atomic mass is 10.1. The van der Waals surface area contributed by atoms with Gasteiger partial charge in [0.15, 0.2) is 6.29 Å². The molecule has 1 atom stereocenters. The number of rotatable bonds is 2. The molecule has 0 aromatic carbocycles. The number of carbonyl (C=O) groups excluding carboxylic acids is 1. The first-order valence-electron chi connectivity index (χ1n) is 6.08. The molecule has 1 aromatic rings. The fourth-order valence-corrected chi connectivity index (χ4v) is 1.84. The van der Waals surface area contributed by atoms with Gasteiger partial charge in [-0.25, -0.2) is 0 Å². The van der Waals surface area contributed by atoms with Crippen molar-refractivity contribution in [1.29, 1.82) is 0 Å². The first kappa shape index (κ1) is 15.9. The molecule has 1 aliphatic heterocycles. The van der Waals surface area contributed by atoms with Crippen LogP contribution in [0.5, 0.6) is 0 Å². The summed E-state index contributed by atoms with van der Waals surface area (Å²) in [6.45, 7) is 4.96. The maximum atomic E-state index is 10.5. The molecule has 98 valence electrons. The van der Waals surface area contributed by atoms with Crippen LogP contribution in [0.3, 0.4) is 0 Å². The number of hydrogen-bond acceptors (Lipinski definition) is 3. The maximum absolute atomic E-state index is 10.5. The minimum Gasteiger partial charge on any atom is -0.381 e. The summed E-state index contributed by atoms with van der Waals surface area (Å²) in [5.41, 5.74) is 6.48. The number of hydrogen-bond donors (Lipinski definition) is 1. The van der Waals surface area contributed by atoms with E-state index in [4.69, 9.17) is 4.74 Å². The number of nitrogens with zero attached hydrogens (tertiary/aromatic N) is 1. The first-order chi connectivity index (χ1) is 8.33. The quantitative estimate of drug-likeness (QED) is 0.803. The van der Waals surface area contributed by atoms with E-state index in [1.807, 2.05) is 26.1 Å². The fourth-order valence-electron chi connectivity index (χ4n) is 1.84. The van der Waals surface area contributed by atoms with Crippen molar-refractivity contribution < 1.29 is 9.53 Å². The second-order valence-corrected chi connectivity index (χ2v) is 3.43. The van der Waals surface area contributed by atoms with Gasteiger partial charge in [0.2, 0.25) is 0 Å². The minimum absolute atomic E-state index is 0.321. The Morgan fingerprint density at radius 2 is 2.12 bits per heavy atom. The molecule has 1 aliphatic rings. The largest absolute Gasteiger partial charge is 0.381 e. The van der Waals surface area contributed by atoms with Gasteiger partial charge in [-0.05, 0) is 19.5 Å². The SMILES string of the molecule is CC.CN.COC1CCn2cc(C=O)cc2C1. The normalized spacial score (nSPS) is 16.9. The summed E-state index contributed by atoms with van der Waals surface area (Å²) >= 11 is 0. The van der Waals surface area contributed by atoms with Crippen molar-refractivity contribution >= 4 is 6.29 Å². The molecule has 0 saturated heterocycles. The molecule has 0 spiro atoms. The average Bonchev–Trinajstić information content (AvgIpc) is 2.85. The zero-order valence-electron chi connectivity index (χ0n) is 11.3. The number of nitrogens with two attached hydrogens (primary N) is 1. The molecule has 1 aromatic heterocycles. The third kappa shape index (κ3) is 4.32.